The van der Waals surface area contributed by atoms with Crippen LogP contribution in [0.25, 0.3) is 0 Å². The first-order valence-corrected chi connectivity index (χ1v) is 7.89. The van der Waals surface area contributed by atoms with Crippen LogP contribution in [0.15, 0.2) is 0 Å². The van der Waals surface area contributed by atoms with Crippen LogP contribution in [0.2, 0.25) is 0 Å². The number of ether oxygens (including phenoxy) is 2. The van der Waals surface area contributed by atoms with Crippen molar-refractivity contribution in [3.05, 3.63) is 0 Å². The summed E-state index contributed by atoms with van der Waals surface area (Å²) >= 11 is 0. The molecular formula is C15H29NO3. The molecule has 1 spiro atoms. The van der Waals surface area contributed by atoms with E-state index in [0.717, 1.165) is 38.8 Å². The molecular weight excluding hydrogens is 242 g/mol. The number of nitrogens with zero attached hydrogens (tertiary/aromatic N) is 1. The summed E-state index contributed by atoms with van der Waals surface area (Å²) in [5.41, 5.74) is 0. The molecule has 2 fully saturated rings. The molecule has 1 atom stereocenters. The smallest absolute Gasteiger partial charge is 0.168 e. The van der Waals surface area contributed by atoms with Crippen LogP contribution in [0.5, 0.6) is 0 Å². The topological polar surface area (TPSA) is 41.9 Å². The van der Waals surface area contributed by atoms with Gasteiger partial charge in [0.1, 0.15) is 0 Å². The molecule has 1 heterocycles. The third kappa shape index (κ3) is 3.69. The third-order valence-electron chi connectivity index (χ3n) is 4.56. The summed E-state index contributed by atoms with van der Waals surface area (Å²) in [5.74, 6) is -0.260. The fraction of sp³-hybridized carbons (Fsp3) is 1.00. The van der Waals surface area contributed by atoms with Crippen molar-refractivity contribution in [3.8, 4) is 0 Å². The van der Waals surface area contributed by atoms with E-state index in [1.54, 1.807) is 0 Å². The van der Waals surface area contributed by atoms with Crippen LogP contribution in [0, 0.1) is 0 Å². The normalized spacial score (nSPS) is 26.1. The molecule has 0 radical (unpaired) electrons. The molecule has 0 aromatic heterocycles. The molecule has 112 valence electrons. The molecule has 1 unspecified atom stereocenters. The number of hydrogen-bond acceptors (Lipinski definition) is 4. The Balaban J connectivity index is 1.87. The molecule has 0 bridgehead atoms. The van der Waals surface area contributed by atoms with E-state index >= 15 is 0 Å². The lowest BCUT2D eigenvalue weighted by atomic mass is 10.1. The number of aliphatic hydroxyl groups excluding tert-OH is 1. The van der Waals surface area contributed by atoms with Crippen LogP contribution in [0.3, 0.4) is 0 Å². The Morgan fingerprint density at radius 2 is 1.95 bits per heavy atom. The van der Waals surface area contributed by atoms with Gasteiger partial charge in [-0.15, -0.1) is 0 Å². The zero-order chi connectivity index (χ0) is 13.7. The predicted molar refractivity (Wildman–Crippen MR) is 75.1 cm³/mol. The Morgan fingerprint density at radius 3 is 2.53 bits per heavy atom. The Bertz CT molecular complexity index is 262. The lowest BCUT2D eigenvalue weighted by Gasteiger charge is -2.32. The van der Waals surface area contributed by atoms with Gasteiger partial charge in [0.05, 0.1) is 19.3 Å². The van der Waals surface area contributed by atoms with E-state index in [1.165, 1.54) is 12.8 Å². The molecule has 1 saturated carbocycles. The first-order chi connectivity index (χ1) is 9.23. The highest BCUT2D eigenvalue weighted by atomic mass is 16.7. The van der Waals surface area contributed by atoms with Crippen LogP contribution in [-0.4, -0.2) is 54.2 Å². The van der Waals surface area contributed by atoms with E-state index in [4.69, 9.17) is 9.47 Å². The lowest BCUT2D eigenvalue weighted by molar-refractivity contribution is -0.164. The summed E-state index contributed by atoms with van der Waals surface area (Å²) < 4.78 is 12.1. The van der Waals surface area contributed by atoms with Gasteiger partial charge in [-0.2, -0.15) is 0 Å². The van der Waals surface area contributed by atoms with Gasteiger partial charge in [-0.25, -0.2) is 0 Å². The SMILES string of the molecule is CCC(CC)N(CCO)CC1COC2(CCCC2)O1. The highest BCUT2D eigenvalue weighted by molar-refractivity contribution is 4.86. The van der Waals surface area contributed by atoms with Gasteiger partial charge in [-0.1, -0.05) is 13.8 Å². The van der Waals surface area contributed by atoms with Crippen LogP contribution in [0.4, 0.5) is 0 Å². The lowest BCUT2D eigenvalue weighted by Crippen LogP contribution is -2.43. The largest absolute Gasteiger partial charge is 0.395 e. The van der Waals surface area contributed by atoms with Gasteiger partial charge in [0, 0.05) is 32.0 Å². The minimum absolute atomic E-state index is 0.172. The Kier molecular flexibility index (Phi) is 5.63. The maximum absolute atomic E-state index is 9.24. The van der Waals surface area contributed by atoms with Crippen LogP contribution < -0.4 is 0 Å². The number of aliphatic hydroxyl groups is 1. The molecule has 0 aromatic rings. The molecule has 0 aromatic carbocycles. The number of rotatable bonds is 7. The standard InChI is InChI=1S/C15H29NO3/c1-3-13(4-2)16(9-10-17)11-14-12-18-15(19-14)7-5-6-8-15/h13-14,17H,3-12H2,1-2H3. The van der Waals surface area contributed by atoms with Gasteiger partial charge in [0.25, 0.3) is 0 Å². The predicted octanol–water partition coefficient (Wildman–Crippen LogP) is 2.15. The van der Waals surface area contributed by atoms with Crippen molar-refractivity contribution in [3.63, 3.8) is 0 Å². The van der Waals surface area contributed by atoms with Crippen LogP contribution in [0.1, 0.15) is 52.4 Å². The van der Waals surface area contributed by atoms with Gasteiger partial charge in [-0.05, 0) is 25.7 Å². The van der Waals surface area contributed by atoms with Crippen molar-refractivity contribution in [1.29, 1.82) is 0 Å². The fourth-order valence-electron chi connectivity index (χ4n) is 3.50. The summed E-state index contributed by atoms with van der Waals surface area (Å²) in [6, 6.07) is 0.538. The van der Waals surface area contributed by atoms with Crippen molar-refractivity contribution >= 4 is 0 Å². The van der Waals surface area contributed by atoms with E-state index in [9.17, 15) is 5.11 Å². The third-order valence-corrected chi connectivity index (χ3v) is 4.56. The van der Waals surface area contributed by atoms with Crippen molar-refractivity contribution in [2.45, 2.75) is 70.3 Å². The van der Waals surface area contributed by atoms with Gasteiger partial charge in [-0.3, -0.25) is 4.90 Å². The second kappa shape index (κ2) is 7.02. The summed E-state index contributed by atoms with van der Waals surface area (Å²) in [6.45, 7) is 6.97. The summed E-state index contributed by atoms with van der Waals surface area (Å²) in [5, 5.41) is 9.24. The molecule has 1 N–H and O–H groups in total. The second-order valence-corrected chi connectivity index (χ2v) is 5.86. The minimum atomic E-state index is -0.260. The summed E-state index contributed by atoms with van der Waals surface area (Å²) in [4.78, 5) is 2.36. The van der Waals surface area contributed by atoms with E-state index in [2.05, 4.69) is 18.7 Å². The minimum Gasteiger partial charge on any atom is -0.395 e. The highest BCUT2D eigenvalue weighted by Gasteiger charge is 2.44. The average Bonchev–Trinajstić information content (AvgIpc) is 3.02. The quantitative estimate of drug-likeness (QED) is 0.770. The molecule has 4 nitrogen and oxygen atoms in total. The average molecular weight is 271 g/mol. The van der Waals surface area contributed by atoms with Gasteiger partial charge < -0.3 is 14.6 Å². The van der Waals surface area contributed by atoms with E-state index in [0.29, 0.717) is 12.6 Å². The Labute approximate surface area is 117 Å². The van der Waals surface area contributed by atoms with Crippen molar-refractivity contribution in [2.75, 3.05) is 26.3 Å². The van der Waals surface area contributed by atoms with Crippen molar-refractivity contribution in [1.82, 2.24) is 4.90 Å². The summed E-state index contributed by atoms with van der Waals surface area (Å²) in [6.07, 6.45) is 6.96. The van der Waals surface area contributed by atoms with Crippen LogP contribution in [-0.2, 0) is 9.47 Å². The molecule has 1 aliphatic carbocycles. The first kappa shape index (κ1) is 15.2. The first-order valence-electron chi connectivity index (χ1n) is 7.89. The Hall–Kier alpha value is -0.160. The molecule has 2 rings (SSSR count). The van der Waals surface area contributed by atoms with E-state index in [-0.39, 0.29) is 18.5 Å². The van der Waals surface area contributed by atoms with E-state index in [1.807, 2.05) is 0 Å². The van der Waals surface area contributed by atoms with Crippen molar-refractivity contribution in [2.24, 2.45) is 0 Å². The zero-order valence-corrected chi connectivity index (χ0v) is 12.4. The maximum atomic E-state index is 9.24. The molecule has 2 aliphatic rings. The molecule has 4 heteroatoms. The van der Waals surface area contributed by atoms with Gasteiger partial charge >= 0.3 is 0 Å². The maximum Gasteiger partial charge on any atom is 0.168 e. The fourth-order valence-corrected chi connectivity index (χ4v) is 3.50. The highest BCUT2D eigenvalue weighted by Crippen LogP contribution is 2.39. The molecule has 1 aliphatic heterocycles. The van der Waals surface area contributed by atoms with E-state index < -0.39 is 0 Å². The molecule has 19 heavy (non-hydrogen) atoms. The Morgan fingerprint density at radius 1 is 1.26 bits per heavy atom. The van der Waals surface area contributed by atoms with Gasteiger partial charge in [0.2, 0.25) is 0 Å². The molecule has 1 saturated heterocycles. The second-order valence-electron chi connectivity index (χ2n) is 5.86. The van der Waals surface area contributed by atoms with Crippen molar-refractivity contribution < 1.29 is 14.6 Å². The number of hydrogen-bond donors (Lipinski definition) is 1. The molecule has 0 amide bonds. The van der Waals surface area contributed by atoms with Crippen LogP contribution >= 0.6 is 0 Å². The van der Waals surface area contributed by atoms with Gasteiger partial charge in [0.15, 0.2) is 5.79 Å². The summed E-state index contributed by atoms with van der Waals surface area (Å²) in [7, 11) is 0. The zero-order valence-electron chi connectivity index (χ0n) is 12.4. The monoisotopic (exact) mass is 271 g/mol.